The highest BCUT2D eigenvalue weighted by molar-refractivity contribution is 5.94. The van der Waals surface area contributed by atoms with Gasteiger partial charge < -0.3 is 15.2 Å². The zero-order valence-electron chi connectivity index (χ0n) is 10.3. The molecule has 1 aliphatic heterocycles. The maximum absolute atomic E-state index is 13.3. The summed E-state index contributed by atoms with van der Waals surface area (Å²) in [6.45, 7) is 0.0337. The van der Waals surface area contributed by atoms with Gasteiger partial charge in [-0.05, 0) is 18.9 Å². The van der Waals surface area contributed by atoms with Crippen molar-refractivity contribution >= 4 is 11.9 Å². The summed E-state index contributed by atoms with van der Waals surface area (Å²) < 4.78 is 31.3. The Bertz CT molecular complexity index is 538. The Morgan fingerprint density at radius 1 is 1.45 bits per heavy atom. The minimum absolute atomic E-state index is 0.0337. The molecular weight excluding hydrogens is 274 g/mol. The van der Waals surface area contributed by atoms with Gasteiger partial charge in [0.05, 0.1) is 11.7 Å². The van der Waals surface area contributed by atoms with Crippen molar-refractivity contribution < 1.29 is 28.2 Å². The van der Waals surface area contributed by atoms with Crippen LogP contribution in [0.25, 0.3) is 0 Å². The molecule has 2 rings (SSSR count). The number of aliphatic carboxylic acids is 1. The van der Waals surface area contributed by atoms with Gasteiger partial charge in [0, 0.05) is 12.7 Å². The molecule has 1 aromatic heterocycles. The van der Waals surface area contributed by atoms with Crippen LogP contribution in [0.2, 0.25) is 0 Å². The second-order valence-electron chi connectivity index (χ2n) is 4.34. The number of ether oxygens (including phenoxy) is 1. The Morgan fingerprint density at radius 2 is 2.20 bits per heavy atom. The van der Waals surface area contributed by atoms with Gasteiger partial charge in [-0.3, -0.25) is 4.79 Å². The van der Waals surface area contributed by atoms with Crippen LogP contribution in [0.4, 0.5) is 8.78 Å². The lowest BCUT2D eigenvalue weighted by molar-refractivity contribution is -0.149. The van der Waals surface area contributed by atoms with E-state index in [4.69, 9.17) is 9.84 Å². The number of amides is 1. The Kier molecular flexibility index (Phi) is 4.23. The van der Waals surface area contributed by atoms with Crippen LogP contribution < -0.4 is 5.32 Å². The molecule has 0 spiro atoms. The molecule has 0 aliphatic carbocycles. The summed E-state index contributed by atoms with van der Waals surface area (Å²) in [5.41, 5.74) is -0.453. The number of carbonyl (C=O) groups excluding carboxylic acids is 1. The van der Waals surface area contributed by atoms with E-state index in [9.17, 15) is 18.4 Å². The molecule has 1 fully saturated rings. The molecule has 0 radical (unpaired) electrons. The van der Waals surface area contributed by atoms with Gasteiger partial charge in [0.1, 0.15) is 0 Å². The van der Waals surface area contributed by atoms with E-state index in [1.54, 1.807) is 0 Å². The van der Waals surface area contributed by atoms with E-state index in [1.807, 2.05) is 0 Å². The number of aromatic nitrogens is 1. The number of halogens is 2. The first-order valence-electron chi connectivity index (χ1n) is 5.95. The molecule has 2 N–H and O–H groups in total. The second kappa shape index (κ2) is 5.91. The lowest BCUT2D eigenvalue weighted by Crippen LogP contribution is -2.33. The van der Waals surface area contributed by atoms with E-state index >= 15 is 0 Å². The van der Waals surface area contributed by atoms with Crippen LogP contribution in [0.5, 0.6) is 0 Å². The standard InChI is InChI=1S/C12H12F2N2O4/c13-9-7(3-4-15-10(9)14)11(17)16-5-6-1-2-8(20-6)12(18)19/h3-4,6,8H,1-2,5H2,(H,16,17)(H,18,19). The number of carbonyl (C=O) groups is 2. The van der Waals surface area contributed by atoms with E-state index in [1.165, 1.54) is 0 Å². The fraction of sp³-hybridized carbons (Fsp3) is 0.417. The highest BCUT2D eigenvalue weighted by atomic mass is 19.2. The topological polar surface area (TPSA) is 88.5 Å². The lowest BCUT2D eigenvalue weighted by atomic mass is 10.2. The molecule has 2 unspecified atom stereocenters. The van der Waals surface area contributed by atoms with Crippen LogP contribution in [0, 0.1) is 11.8 Å². The average molecular weight is 286 g/mol. The minimum atomic E-state index is -1.35. The van der Waals surface area contributed by atoms with Gasteiger partial charge in [0.25, 0.3) is 5.91 Å². The molecular formula is C12H12F2N2O4. The predicted octanol–water partition coefficient (Wildman–Crippen LogP) is 0.722. The predicted molar refractivity (Wildman–Crippen MR) is 62.0 cm³/mol. The van der Waals surface area contributed by atoms with Gasteiger partial charge in [-0.15, -0.1) is 0 Å². The fourth-order valence-corrected chi connectivity index (χ4v) is 1.93. The Hall–Kier alpha value is -2.09. The number of carboxylic acid groups (broad SMARTS) is 1. The van der Waals surface area contributed by atoms with Crippen LogP contribution >= 0.6 is 0 Å². The molecule has 2 heterocycles. The fourth-order valence-electron chi connectivity index (χ4n) is 1.93. The van der Waals surface area contributed by atoms with E-state index in [-0.39, 0.29) is 6.54 Å². The molecule has 2 atom stereocenters. The molecule has 6 nitrogen and oxygen atoms in total. The van der Waals surface area contributed by atoms with Gasteiger partial charge in [-0.2, -0.15) is 4.39 Å². The summed E-state index contributed by atoms with van der Waals surface area (Å²) >= 11 is 0. The Morgan fingerprint density at radius 3 is 2.85 bits per heavy atom. The van der Waals surface area contributed by atoms with Crippen molar-refractivity contribution in [2.45, 2.75) is 25.0 Å². The third-order valence-corrected chi connectivity index (χ3v) is 2.96. The van der Waals surface area contributed by atoms with Crippen molar-refractivity contribution in [3.05, 3.63) is 29.6 Å². The van der Waals surface area contributed by atoms with Crippen LogP contribution in [-0.4, -0.2) is 40.7 Å². The number of hydrogen-bond donors (Lipinski definition) is 2. The zero-order valence-corrected chi connectivity index (χ0v) is 10.3. The van der Waals surface area contributed by atoms with Crippen molar-refractivity contribution in [3.8, 4) is 0 Å². The summed E-state index contributed by atoms with van der Waals surface area (Å²) in [7, 11) is 0. The van der Waals surface area contributed by atoms with Gasteiger partial charge >= 0.3 is 5.97 Å². The Balaban J connectivity index is 1.90. The van der Waals surface area contributed by atoms with Crippen LogP contribution in [0.15, 0.2) is 12.3 Å². The largest absolute Gasteiger partial charge is 0.479 e. The van der Waals surface area contributed by atoms with Crippen molar-refractivity contribution in [1.29, 1.82) is 0 Å². The maximum Gasteiger partial charge on any atom is 0.332 e. The molecule has 20 heavy (non-hydrogen) atoms. The molecule has 0 saturated carbocycles. The van der Waals surface area contributed by atoms with E-state index in [0.29, 0.717) is 12.8 Å². The molecule has 0 bridgehead atoms. The quantitative estimate of drug-likeness (QED) is 0.796. The van der Waals surface area contributed by atoms with Crippen molar-refractivity contribution in [1.82, 2.24) is 10.3 Å². The first-order valence-corrected chi connectivity index (χ1v) is 5.95. The first kappa shape index (κ1) is 14.3. The van der Waals surface area contributed by atoms with Gasteiger partial charge in [0.15, 0.2) is 11.9 Å². The summed E-state index contributed by atoms with van der Waals surface area (Å²) in [6.07, 6.45) is 0.486. The van der Waals surface area contributed by atoms with Crippen molar-refractivity contribution in [2.24, 2.45) is 0 Å². The van der Waals surface area contributed by atoms with Crippen molar-refractivity contribution in [2.75, 3.05) is 6.54 Å². The number of nitrogens with zero attached hydrogens (tertiary/aromatic N) is 1. The normalized spacial score (nSPS) is 21.7. The number of nitrogens with one attached hydrogen (secondary N) is 1. The van der Waals surface area contributed by atoms with E-state index in [0.717, 1.165) is 12.3 Å². The monoisotopic (exact) mass is 286 g/mol. The third-order valence-electron chi connectivity index (χ3n) is 2.96. The first-order chi connectivity index (χ1) is 9.49. The number of rotatable bonds is 4. The number of pyridine rings is 1. The number of hydrogen-bond acceptors (Lipinski definition) is 4. The van der Waals surface area contributed by atoms with E-state index < -0.39 is 41.4 Å². The van der Waals surface area contributed by atoms with Crippen LogP contribution in [0.1, 0.15) is 23.2 Å². The zero-order chi connectivity index (χ0) is 14.7. The highest BCUT2D eigenvalue weighted by Gasteiger charge is 2.30. The van der Waals surface area contributed by atoms with Gasteiger partial charge in [-0.25, -0.2) is 14.2 Å². The van der Waals surface area contributed by atoms with E-state index in [2.05, 4.69) is 10.3 Å². The SMILES string of the molecule is O=C(NCC1CCC(C(=O)O)O1)c1ccnc(F)c1F. The molecule has 1 aliphatic rings. The molecule has 1 amide bonds. The van der Waals surface area contributed by atoms with Crippen LogP contribution in [-0.2, 0) is 9.53 Å². The smallest absolute Gasteiger partial charge is 0.332 e. The average Bonchev–Trinajstić information content (AvgIpc) is 2.88. The molecule has 1 aromatic rings. The summed E-state index contributed by atoms with van der Waals surface area (Å²) in [6, 6.07) is 1.06. The van der Waals surface area contributed by atoms with Crippen molar-refractivity contribution in [3.63, 3.8) is 0 Å². The van der Waals surface area contributed by atoms with Gasteiger partial charge in [-0.1, -0.05) is 0 Å². The molecule has 0 aromatic carbocycles. The molecule has 108 valence electrons. The Labute approximate surface area is 112 Å². The van der Waals surface area contributed by atoms with Crippen LogP contribution in [0.3, 0.4) is 0 Å². The minimum Gasteiger partial charge on any atom is -0.479 e. The second-order valence-corrected chi connectivity index (χ2v) is 4.34. The third kappa shape index (κ3) is 3.08. The molecule has 1 saturated heterocycles. The summed E-state index contributed by atoms with van der Waals surface area (Å²) in [5, 5.41) is 11.1. The summed E-state index contributed by atoms with van der Waals surface area (Å²) in [5.74, 6) is -4.52. The number of carboxylic acids is 1. The molecule has 8 heteroatoms. The maximum atomic E-state index is 13.3. The lowest BCUT2D eigenvalue weighted by Gasteiger charge is -2.12. The summed E-state index contributed by atoms with van der Waals surface area (Å²) in [4.78, 5) is 25.4. The highest BCUT2D eigenvalue weighted by Crippen LogP contribution is 2.19. The van der Waals surface area contributed by atoms with Gasteiger partial charge in [0.2, 0.25) is 5.95 Å².